The van der Waals surface area contributed by atoms with E-state index in [4.69, 9.17) is 4.74 Å². The lowest BCUT2D eigenvalue weighted by atomic mass is 10.2. The highest BCUT2D eigenvalue weighted by molar-refractivity contribution is 7.09. The Morgan fingerprint density at radius 3 is 2.65 bits per heavy atom. The monoisotopic (exact) mass is 433 g/mol. The predicted octanol–water partition coefficient (Wildman–Crippen LogP) is 4.92. The quantitative estimate of drug-likeness (QED) is 0.428. The van der Waals surface area contributed by atoms with Crippen LogP contribution in [0, 0.1) is 5.82 Å². The molecule has 5 nitrogen and oxygen atoms in total. The number of ether oxygens (including phenoxy) is 1. The van der Waals surface area contributed by atoms with Gasteiger partial charge in [0.2, 0.25) is 11.8 Å². The van der Waals surface area contributed by atoms with Crippen molar-refractivity contribution in [1.82, 2.24) is 15.3 Å². The van der Waals surface area contributed by atoms with Crippen molar-refractivity contribution in [3.05, 3.63) is 106 Å². The van der Waals surface area contributed by atoms with Gasteiger partial charge in [-0.2, -0.15) is 0 Å². The smallest absolute Gasteiger partial charge is 0.226 e. The van der Waals surface area contributed by atoms with Crippen molar-refractivity contribution < 1.29 is 13.9 Å². The standard InChI is InChI=1S/C24H20FN3O2S/c25-19-6-8-21(9-7-19)30-23-12-18(10-11-26-23)15-27-22(29)14-20-16-31-24(28-20)13-17-4-2-1-3-5-17/h1-12,16H,13-15H2,(H,27,29). The van der Waals surface area contributed by atoms with E-state index in [2.05, 4.69) is 27.4 Å². The van der Waals surface area contributed by atoms with Crippen LogP contribution in [0.5, 0.6) is 11.6 Å². The molecule has 156 valence electrons. The topological polar surface area (TPSA) is 64.1 Å². The first-order chi connectivity index (χ1) is 15.1. The Kier molecular flexibility index (Phi) is 6.64. The summed E-state index contributed by atoms with van der Waals surface area (Å²) in [7, 11) is 0. The zero-order valence-corrected chi connectivity index (χ0v) is 17.4. The van der Waals surface area contributed by atoms with E-state index >= 15 is 0 Å². The van der Waals surface area contributed by atoms with E-state index in [9.17, 15) is 9.18 Å². The Hall–Kier alpha value is -3.58. The third kappa shape index (κ3) is 6.20. The molecule has 0 bridgehead atoms. The number of amides is 1. The van der Waals surface area contributed by atoms with E-state index < -0.39 is 0 Å². The lowest BCUT2D eigenvalue weighted by molar-refractivity contribution is -0.120. The molecule has 0 spiro atoms. The van der Waals surface area contributed by atoms with E-state index in [0.717, 1.165) is 22.7 Å². The second-order valence-electron chi connectivity index (χ2n) is 6.91. The van der Waals surface area contributed by atoms with Crippen molar-refractivity contribution in [2.24, 2.45) is 0 Å². The second-order valence-corrected chi connectivity index (χ2v) is 7.85. The largest absolute Gasteiger partial charge is 0.439 e. The zero-order chi connectivity index (χ0) is 21.5. The normalized spacial score (nSPS) is 10.6. The van der Waals surface area contributed by atoms with E-state index in [0.29, 0.717) is 18.2 Å². The number of halogens is 1. The average molecular weight is 434 g/mol. The summed E-state index contributed by atoms with van der Waals surface area (Å²) in [5, 5.41) is 5.82. The minimum atomic E-state index is -0.330. The SMILES string of the molecule is O=C(Cc1csc(Cc2ccccc2)n1)NCc1ccnc(Oc2ccc(F)cc2)c1. The second kappa shape index (κ2) is 9.95. The summed E-state index contributed by atoms with van der Waals surface area (Å²) in [6.45, 7) is 0.349. The summed E-state index contributed by atoms with van der Waals surface area (Å²) in [6, 6.07) is 19.4. The summed E-state index contributed by atoms with van der Waals surface area (Å²) >= 11 is 1.57. The highest BCUT2D eigenvalue weighted by Crippen LogP contribution is 2.20. The molecule has 2 aromatic heterocycles. The summed E-state index contributed by atoms with van der Waals surface area (Å²) in [4.78, 5) is 21.1. The van der Waals surface area contributed by atoms with Crippen LogP contribution in [0.25, 0.3) is 0 Å². The Balaban J connectivity index is 1.28. The molecule has 0 aliphatic rings. The van der Waals surface area contributed by atoms with Crippen LogP contribution in [-0.2, 0) is 24.2 Å². The Morgan fingerprint density at radius 2 is 1.84 bits per heavy atom. The molecule has 4 aromatic rings. The van der Waals surface area contributed by atoms with E-state index in [1.807, 2.05) is 23.6 Å². The van der Waals surface area contributed by atoms with Gasteiger partial charge in [-0.3, -0.25) is 4.79 Å². The van der Waals surface area contributed by atoms with Gasteiger partial charge in [0, 0.05) is 30.6 Å². The summed E-state index contributed by atoms with van der Waals surface area (Å²) in [5.41, 5.74) is 2.82. The van der Waals surface area contributed by atoms with Gasteiger partial charge in [0.05, 0.1) is 17.1 Å². The Bertz CT molecular complexity index is 1150. The number of aromatic nitrogens is 2. The maximum absolute atomic E-state index is 13.0. The van der Waals surface area contributed by atoms with Crippen molar-refractivity contribution in [1.29, 1.82) is 0 Å². The van der Waals surface area contributed by atoms with Gasteiger partial charge in [-0.1, -0.05) is 30.3 Å². The zero-order valence-electron chi connectivity index (χ0n) is 16.6. The molecular weight excluding hydrogens is 413 g/mol. The lowest BCUT2D eigenvalue weighted by Crippen LogP contribution is -2.24. The van der Waals surface area contributed by atoms with Crippen molar-refractivity contribution in [3.8, 4) is 11.6 Å². The number of hydrogen-bond donors (Lipinski definition) is 1. The van der Waals surface area contributed by atoms with Crippen molar-refractivity contribution in [2.45, 2.75) is 19.4 Å². The molecule has 0 fully saturated rings. The molecule has 31 heavy (non-hydrogen) atoms. The third-order valence-corrected chi connectivity index (χ3v) is 5.36. The molecule has 0 unspecified atom stereocenters. The number of benzene rings is 2. The van der Waals surface area contributed by atoms with Gasteiger partial charge >= 0.3 is 0 Å². The van der Waals surface area contributed by atoms with Gasteiger partial charge in [0.1, 0.15) is 11.6 Å². The first-order valence-corrected chi connectivity index (χ1v) is 10.6. The highest BCUT2D eigenvalue weighted by atomic mass is 32.1. The first kappa shape index (κ1) is 20.7. The average Bonchev–Trinajstić information content (AvgIpc) is 3.21. The number of thiazole rings is 1. The molecule has 0 aliphatic heterocycles. The van der Waals surface area contributed by atoms with Crippen LogP contribution in [0.1, 0.15) is 21.8 Å². The van der Waals surface area contributed by atoms with Gasteiger partial charge < -0.3 is 10.1 Å². The van der Waals surface area contributed by atoms with Crippen molar-refractivity contribution >= 4 is 17.2 Å². The minimum absolute atomic E-state index is 0.102. The van der Waals surface area contributed by atoms with Gasteiger partial charge in [-0.25, -0.2) is 14.4 Å². The van der Waals surface area contributed by atoms with Gasteiger partial charge in [-0.05, 0) is 41.5 Å². The molecule has 0 atom stereocenters. The van der Waals surface area contributed by atoms with Crippen molar-refractivity contribution in [2.75, 3.05) is 0 Å². The summed E-state index contributed by atoms with van der Waals surface area (Å²) < 4.78 is 18.6. The maximum Gasteiger partial charge on any atom is 0.226 e. The Labute approximate surface area is 183 Å². The summed E-state index contributed by atoms with van der Waals surface area (Å²) in [5.74, 6) is 0.437. The van der Waals surface area contributed by atoms with Crippen LogP contribution in [0.3, 0.4) is 0 Å². The number of carbonyl (C=O) groups is 1. The molecule has 4 rings (SSSR count). The molecule has 0 saturated carbocycles. The number of rotatable bonds is 8. The Morgan fingerprint density at radius 1 is 1.03 bits per heavy atom. The van der Waals surface area contributed by atoms with Crippen LogP contribution in [-0.4, -0.2) is 15.9 Å². The fourth-order valence-electron chi connectivity index (χ4n) is 2.95. The minimum Gasteiger partial charge on any atom is -0.439 e. The van der Waals surface area contributed by atoms with Crippen LogP contribution in [0.4, 0.5) is 4.39 Å². The fraction of sp³-hybridized carbons (Fsp3) is 0.125. The molecule has 0 saturated heterocycles. The van der Waals surface area contributed by atoms with E-state index in [1.165, 1.54) is 29.8 Å². The molecule has 1 amide bonds. The molecule has 2 aromatic carbocycles. The van der Waals surface area contributed by atoms with Crippen molar-refractivity contribution in [3.63, 3.8) is 0 Å². The van der Waals surface area contributed by atoms with E-state index in [-0.39, 0.29) is 18.1 Å². The number of nitrogens with zero attached hydrogens (tertiary/aromatic N) is 2. The lowest BCUT2D eigenvalue weighted by Gasteiger charge is -2.08. The number of nitrogens with one attached hydrogen (secondary N) is 1. The molecular formula is C24H20FN3O2S. The third-order valence-electron chi connectivity index (χ3n) is 4.46. The number of hydrogen-bond acceptors (Lipinski definition) is 5. The highest BCUT2D eigenvalue weighted by Gasteiger charge is 2.09. The van der Waals surface area contributed by atoms with Gasteiger partial charge in [0.25, 0.3) is 0 Å². The van der Waals surface area contributed by atoms with Crippen LogP contribution in [0.2, 0.25) is 0 Å². The maximum atomic E-state index is 13.0. The molecule has 7 heteroatoms. The molecule has 0 radical (unpaired) electrons. The van der Waals surface area contributed by atoms with Crippen LogP contribution < -0.4 is 10.1 Å². The molecule has 1 N–H and O–H groups in total. The number of carbonyl (C=O) groups excluding carboxylic acids is 1. The van der Waals surface area contributed by atoms with Crippen LogP contribution >= 0.6 is 11.3 Å². The first-order valence-electron chi connectivity index (χ1n) is 9.76. The van der Waals surface area contributed by atoms with Crippen LogP contribution in [0.15, 0.2) is 78.3 Å². The molecule has 0 aliphatic carbocycles. The van der Waals surface area contributed by atoms with E-state index in [1.54, 1.807) is 29.7 Å². The van der Waals surface area contributed by atoms with Gasteiger partial charge in [0.15, 0.2) is 0 Å². The van der Waals surface area contributed by atoms with Gasteiger partial charge in [-0.15, -0.1) is 11.3 Å². The number of pyridine rings is 1. The fourth-order valence-corrected chi connectivity index (χ4v) is 3.78. The summed E-state index contributed by atoms with van der Waals surface area (Å²) in [6.07, 6.45) is 2.60. The molecule has 2 heterocycles. The predicted molar refractivity (Wildman–Crippen MR) is 118 cm³/mol.